The molecule has 4 rings (SSSR count). The summed E-state index contributed by atoms with van der Waals surface area (Å²) >= 11 is 0. The van der Waals surface area contributed by atoms with Gasteiger partial charge in [0.2, 0.25) is 0 Å². The molecule has 7 nitrogen and oxygen atoms in total. The van der Waals surface area contributed by atoms with Gasteiger partial charge in [-0.2, -0.15) is 0 Å². The van der Waals surface area contributed by atoms with Gasteiger partial charge in [0.05, 0.1) is 37.8 Å². The highest BCUT2D eigenvalue weighted by atomic mass is 16.5. The molecule has 1 spiro atoms. The van der Waals surface area contributed by atoms with Gasteiger partial charge in [-0.15, -0.1) is 0 Å². The van der Waals surface area contributed by atoms with Gasteiger partial charge in [0.25, 0.3) is 5.91 Å². The lowest BCUT2D eigenvalue weighted by Crippen LogP contribution is -2.66. The summed E-state index contributed by atoms with van der Waals surface area (Å²) in [5.41, 5.74) is 0.959. The molecule has 0 N–H and O–H groups in total. The third kappa shape index (κ3) is 3.26. The Morgan fingerprint density at radius 1 is 1.35 bits per heavy atom. The second kappa shape index (κ2) is 6.99. The summed E-state index contributed by atoms with van der Waals surface area (Å²) in [5.74, 6) is 1.10. The van der Waals surface area contributed by atoms with Crippen molar-refractivity contribution in [2.24, 2.45) is 5.92 Å². The molecule has 7 heteroatoms. The first-order valence-corrected chi connectivity index (χ1v) is 8.91. The van der Waals surface area contributed by atoms with Gasteiger partial charge in [-0.25, -0.2) is 4.98 Å². The minimum Gasteiger partial charge on any atom is -0.492 e. The van der Waals surface area contributed by atoms with Gasteiger partial charge in [-0.3, -0.25) is 14.8 Å². The Kier molecular flexibility index (Phi) is 4.55. The Bertz CT molecular complexity index is 760. The van der Waals surface area contributed by atoms with Crippen molar-refractivity contribution in [1.29, 1.82) is 0 Å². The van der Waals surface area contributed by atoms with Crippen LogP contribution < -0.4 is 4.74 Å². The largest absolute Gasteiger partial charge is 0.492 e. The van der Waals surface area contributed by atoms with E-state index in [2.05, 4.69) is 15.0 Å². The normalized spacial score (nSPS) is 20.8. The quantitative estimate of drug-likeness (QED) is 0.816. The zero-order valence-corrected chi connectivity index (χ0v) is 14.8. The number of hydrogen-bond acceptors (Lipinski definition) is 6. The Morgan fingerprint density at radius 2 is 2.23 bits per heavy atom. The van der Waals surface area contributed by atoms with Crippen molar-refractivity contribution in [3.05, 3.63) is 48.3 Å². The van der Waals surface area contributed by atoms with Crippen LogP contribution in [0.4, 0.5) is 0 Å². The summed E-state index contributed by atoms with van der Waals surface area (Å²) in [6.45, 7) is 4.44. The maximum Gasteiger partial charge on any atom is 0.274 e. The molecule has 0 bridgehead atoms. The second-order valence-electron chi connectivity index (χ2n) is 6.93. The van der Waals surface area contributed by atoms with Crippen molar-refractivity contribution < 1.29 is 14.3 Å². The topological polar surface area (TPSA) is 77.4 Å². The molecule has 0 aromatic carbocycles. The summed E-state index contributed by atoms with van der Waals surface area (Å²) in [4.78, 5) is 26.7. The van der Waals surface area contributed by atoms with E-state index < -0.39 is 0 Å². The van der Waals surface area contributed by atoms with Crippen molar-refractivity contribution in [2.45, 2.75) is 25.4 Å². The SMILES string of the molecule is Cc1cnc(C(=O)N2CC3(C2)OCCC3CCOc2cccnc2)cn1. The van der Waals surface area contributed by atoms with Crippen LogP contribution in [0, 0.1) is 12.8 Å². The van der Waals surface area contributed by atoms with Gasteiger partial charge in [-0.1, -0.05) is 0 Å². The molecule has 1 amide bonds. The van der Waals surface area contributed by atoms with Crippen LogP contribution in [0.2, 0.25) is 0 Å². The van der Waals surface area contributed by atoms with Crippen LogP contribution in [0.25, 0.3) is 0 Å². The van der Waals surface area contributed by atoms with Crippen molar-refractivity contribution >= 4 is 5.91 Å². The predicted molar refractivity (Wildman–Crippen MR) is 93.8 cm³/mol. The monoisotopic (exact) mass is 354 g/mol. The standard InChI is InChI=1S/C19H22N4O3/c1-14-9-22-17(11-21-14)18(24)23-12-19(13-23)15(5-8-26-19)4-7-25-16-3-2-6-20-10-16/h2-3,6,9-11,15H,4-5,7-8,12-13H2,1H3. The zero-order valence-electron chi connectivity index (χ0n) is 14.8. The first kappa shape index (κ1) is 16.9. The van der Waals surface area contributed by atoms with Gasteiger partial charge < -0.3 is 14.4 Å². The number of amides is 1. The highest BCUT2D eigenvalue weighted by Gasteiger charge is 2.54. The third-order valence-corrected chi connectivity index (χ3v) is 5.17. The number of aryl methyl sites for hydroxylation is 1. The van der Waals surface area contributed by atoms with E-state index in [0.717, 1.165) is 30.9 Å². The molecule has 1 unspecified atom stereocenters. The second-order valence-corrected chi connectivity index (χ2v) is 6.93. The highest BCUT2D eigenvalue weighted by molar-refractivity contribution is 5.92. The molecule has 2 aliphatic rings. The molecule has 26 heavy (non-hydrogen) atoms. The summed E-state index contributed by atoms with van der Waals surface area (Å²) in [5, 5.41) is 0. The number of rotatable bonds is 5. The van der Waals surface area contributed by atoms with E-state index >= 15 is 0 Å². The van der Waals surface area contributed by atoms with Gasteiger partial charge in [0.15, 0.2) is 0 Å². The molecule has 0 radical (unpaired) electrons. The van der Waals surface area contributed by atoms with Gasteiger partial charge >= 0.3 is 0 Å². The maximum atomic E-state index is 12.5. The fourth-order valence-electron chi connectivity index (χ4n) is 3.70. The van der Waals surface area contributed by atoms with Crippen molar-refractivity contribution in [1.82, 2.24) is 19.9 Å². The fourth-order valence-corrected chi connectivity index (χ4v) is 3.70. The van der Waals surface area contributed by atoms with Crippen LogP contribution in [0.15, 0.2) is 36.9 Å². The molecule has 2 aromatic rings. The number of hydrogen-bond donors (Lipinski definition) is 0. The lowest BCUT2D eigenvalue weighted by atomic mass is 9.79. The van der Waals surface area contributed by atoms with Gasteiger partial charge in [0, 0.05) is 19.0 Å². The Balaban J connectivity index is 1.31. The Morgan fingerprint density at radius 3 is 2.96 bits per heavy atom. The molecular formula is C19H22N4O3. The minimum atomic E-state index is -0.230. The molecule has 2 aromatic heterocycles. The lowest BCUT2D eigenvalue weighted by Gasteiger charge is -2.50. The van der Waals surface area contributed by atoms with Crippen LogP contribution in [-0.4, -0.2) is 57.7 Å². The molecule has 2 saturated heterocycles. The lowest BCUT2D eigenvalue weighted by molar-refractivity contribution is -0.119. The summed E-state index contributed by atoms with van der Waals surface area (Å²) in [6, 6.07) is 3.76. The molecule has 0 aliphatic carbocycles. The maximum absolute atomic E-state index is 12.5. The van der Waals surface area contributed by atoms with Crippen LogP contribution in [0.1, 0.15) is 29.0 Å². The number of nitrogens with zero attached hydrogens (tertiary/aromatic N) is 4. The fraction of sp³-hybridized carbons (Fsp3) is 0.474. The van der Waals surface area contributed by atoms with E-state index in [1.165, 1.54) is 6.20 Å². The van der Waals surface area contributed by atoms with E-state index in [1.807, 2.05) is 19.1 Å². The zero-order chi connectivity index (χ0) is 18.0. The van der Waals surface area contributed by atoms with Gasteiger partial charge in [0.1, 0.15) is 17.0 Å². The highest BCUT2D eigenvalue weighted by Crippen LogP contribution is 2.42. The van der Waals surface area contributed by atoms with E-state index in [9.17, 15) is 4.79 Å². The van der Waals surface area contributed by atoms with Crippen molar-refractivity contribution in [3.8, 4) is 5.75 Å². The third-order valence-electron chi connectivity index (χ3n) is 5.17. The molecule has 136 valence electrons. The Hall–Kier alpha value is -2.54. The molecule has 2 fully saturated rings. The van der Waals surface area contributed by atoms with E-state index in [-0.39, 0.29) is 11.5 Å². The molecule has 2 aliphatic heterocycles. The van der Waals surface area contributed by atoms with E-state index in [4.69, 9.17) is 9.47 Å². The Labute approximate surface area is 152 Å². The minimum absolute atomic E-state index is 0.0796. The smallest absolute Gasteiger partial charge is 0.274 e. The first-order chi connectivity index (χ1) is 12.7. The van der Waals surface area contributed by atoms with Crippen LogP contribution in [0.5, 0.6) is 5.75 Å². The van der Waals surface area contributed by atoms with Crippen molar-refractivity contribution in [2.75, 3.05) is 26.3 Å². The summed E-state index contributed by atoms with van der Waals surface area (Å²) in [6.07, 6.45) is 8.51. The van der Waals surface area contributed by atoms with Crippen LogP contribution >= 0.6 is 0 Å². The molecular weight excluding hydrogens is 332 g/mol. The summed E-state index contributed by atoms with van der Waals surface area (Å²) in [7, 11) is 0. The first-order valence-electron chi connectivity index (χ1n) is 8.91. The van der Waals surface area contributed by atoms with E-state index in [0.29, 0.717) is 31.3 Å². The van der Waals surface area contributed by atoms with Crippen LogP contribution in [-0.2, 0) is 4.74 Å². The number of likely N-dealkylation sites (tertiary alicyclic amines) is 1. The average molecular weight is 354 g/mol. The van der Waals surface area contributed by atoms with E-state index in [1.54, 1.807) is 23.5 Å². The predicted octanol–water partition coefficient (Wildman–Crippen LogP) is 1.88. The number of carbonyl (C=O) groups is 1. The molecule has 4 heterocycles. The number of aromatic nitrogens is 3. The number of ether oxygens (including phenoxy) is 2. The van der Waals surface area contributed by atoms with Crippen LogP contribution in [0.3, 0.4) is 0 Å². The molecule has 1 atom stereocenters. The number of pyridine rings is 1. The van der Waals surface area contributed by atoms with Crippen molar-refractivity contribution in [3.63, 3.8) is 0 Å². The van der Waals surface area contributed by atoms with Gasteiger partial charge in [-0.05, 0) is 37.8 Å². The molecule has 0 saturated carbocycles. The average Bonchev–Trinajstić information content (AvgIpc) is 3.05. The number of carbonyl (C=O) groups excluding carboxylic acids is 1. The summed E-state index contributed by atoms with van der Waals surface area (Å²) < 4.78 is 11.8.